The summed E-state index contributed by atoms with van der Waals surface area (Å²) in [5.41, 5.74) is 1.24. The second-order valence-corrected chi connectivity index (χ2v) is 4.04. The highest BCUT2D eigenvalue weighted by molar-refractivity contribution is 5.75. The van der Waals surface area contributed by atoms with Crippen LogP contribution in [-0.2, 0) is 7.05 Å². The molecular formula is C10H12FN5O. The Bertz CT molecular complexity index is 542. The first-order chi connectivity index (χ1) is 8.25. The van der Waals surface area contributed by atoms with Crippen molar-refractivity contribution in [1.29, 1.82) is 0 Å². The van der Waals surface area contributed by atoms with E-state index < -0.39 is 12.3 Å². The Morgan fingerprint density at radius 1 is 1.41 bits per heavy atom. The highest BCUT2D eigenvalue weighted by atomic mass is 19.1. The molecule has 1 fully saturated rings. The van der Waals surface area contributed by atoms with Gasteiger partial charge >= 0.3 is 0 Å². The number of halogens is 1. The van der Waals surface area contributed by atoms with Crippen LogP contribution in [0.2, 0.25) is 0 Å². The standard InChI is InChI=1S/C10H12FN5O/c1-16-5-15-8-9(16)13-4-14-10(8)17-7-3-12-2-6(7)11/h4-7,12H,2-3H2,1H3. The summed E-state index contributed by atoms with van der Waals surface area (Å²) in [5.74, 6) is 0.340. The molecule has 0 bridgehead atoms. The number of imidazole rings is 1. The van der Waals surface area contributed by atoms with Gasteiger partial charge in [0, 0.05) is 20.1 Å². The van der Waals surface area contributed by atoms with E-state index in [0.717, 1.165) is 0 Å². The number of alkyl halides is 1. The summed E-state index contributed by atoms with van der Waals surface area (Å²) in [4.78, 5) is 12.3. The number of ether oxygens (including phenoxy) is 1. The molecule has 2 atom stereocenters. The average Bonchev–Trinajstić information content (AvgIpc) is 2.89. The van der Waals surface area contributed by atoms with Crippen LogP contribution in [0.15, 0.2) is 12.7 Å². The maximum Gasteiger partial charge on any atom is 0.245 e. The predicted molar refractivity (Wildman–Crippen MR) is 58.5 cm³/mol. The van der Waals surface area contributed by atoms with E-state index in [2.05, 4.69) is 20.3 Å². The Balaban J connectivity index is 1.94. The molecule has 0 saturated carbocycles. The molecule has 2 aromatic heterocycles. The number of rotatable bonds is 2. The zero-order valence-electron chi connectivity index (χ0n) is 9.30. The van der Waals surface area contributed by atoms with Gasteiger partial charge in [0.05, 0.1) is 6.33 Å². The largest absolute Gasteiger partial charge is 0.468 e. The Morgan fingerprint density at radius 2 is 2.29 bits per heavy atom. The summed E-state index contributed by atoms with van der Waals surface area (Å²) in [6.45, 7) is 0.806. The van der Waals surface area contributed by atoms with Crippen molar-refractivity contribution >= 4 is 11.2 Å². The summed E-state index contributed by atoms with van der Waals surface area (Å²) >= 11 is 0. The first-order valence-corrected chi connectivity index (χ1v) is 5.39. The van der Waals surface area contributed by atoms with Gasteiger partial charge in [0.2, 0.25) is 5.88 Å². The van der Waals surface area contributed by atoms with Crippen molar-refractivity contribution in [2.45, 2.75) is 12.3 Å². The molecule has 3 heterocycles. The van der Waals surface area contributed by atoms with Gasteiger partial charge in [0.1, 0.15) is 12.4 Å². The van der Waals surface area contributed by atoms with Crippen LogP contribution < -0.4 is 10.1 Å². The normalized spacial score (nSPS) is 24.4. The fourth-order valence-corrected chi connectivity index (χ4v) is 1.89. The van der Waals surface area contributed by atoms with E-state index in [1.54, 1.807) is 10.9 Å². The smallest absolute Gasteiger partial charge is 0.245 e. The Hall–Kier alpha value is -1.76. The molecule has 0 amide bonds. The molecule has 2 unspecified atom stereocenters. The SMILES string of the molecule is Cn1cnc2c(OC3CNCC3F)ncnc21. The van der Waals surface area contributed by atoms with Crippen LogP contribution in [-0.4, -0.2) is 44.9 Å². The number of nitrogens with one attached hydrogen (secondary N) is 1. The fourth-order valence-electron chi connectivity index (χ4n) is 1.89. The summed E-state index contributed by atoms with van der Waals surface area (Å²) in [5, 5.41) is 2.93. The second-order valence-electron chi connectivity index (χ2n) is 4.04. The van der Waals surface area contributed by atoms with Gasteiger partial charge in [-0.1, -0.05) is 0 Å². The van der Waals surface area contributed by atoms with Crippen molar-refractivity contribution < 1.29 is 9.13 Å². The molecule has 7 heteroatoms. The van der Waals surface area contributed by atoms with E-state index in [-0.39, 0.29) is 0 Å². The highest BCUT2D eigenvalue weighted by Gasteiger charge is 2.29. The summed E-state index contributed by atoms with van der Waals surface area (Å²) < 4.78 is 20.7. The number of hydrogen-bond donors (Lipinski definition) is 1. The third kappa shape index (κ3) is 1.72. The van der Waals surface area contributed by atoms with Gasteiger partial charge in [-0.05, 0) is 0 Å². The predicted octanol–water partition coefficient (Wildman–Crippen LogP) is 0.0520. The van der Waals surface area contributed by atoms with Crippen LogP contribution in [0.5, 0.6) is 5.88 Å². The number of nitrogens with zero attached hydrogens (tertiary/aromatic N) is 4. The third-order valence-corrected chi connectivity index (χ3v) is 2.81. The number of aryl methyl sites for hydroxylation is 1. The third-order valence-electron chi connectivity index (χ3n) is 2.81. The maximum atomic E-state index is 13.4. The monoisotopic (exact) mass is 237 g/mol. The van der Waals surface area contributed by atoms with Crippen LogP contribution in [0.3, 0.4) is 0 Å². The Labute approximate surface area is 96.8 Å². The molecular weight excluding hydrogens is 225 g/mol. The van der Waals surface area contributed by atoms with Crippen molar-refractivity contribution in [2.24, 2.45) is 7.05 Å². The van der Waals surface area contributed by atoms with Gasteiger partial charge in [0.15, 0.2) is 17.3 Å². The Kier molecular flexibility index (Phi) is 2.40. The number of aromatic nitrogens is 4. The molecule has 0 spiro atoms. The Morgan fingerprint density at radius 3 is 3.06 bits per heavy atom. The molecule has 0 aromatic carbocycles. The minimum atomic E-state index is -1.01. The van der Waals surface area contributed by atoms with Gasteiger partial charge in [-0.15, -0.1) is 0 Å². The van der Waals surface area contributed by atoms with Gasteiger partial charge in [-0.3, -0.25) is 0 Å². The van der Waals surface area contributed by atoms with Gasteiger partial charge < -0.3 is 14.6 Å². The molecule has 0 radical (unpaired) electrons. The van der Waals surface area contributed by atoms with Gasteiger partial charge in [0.25, 0.3) is 0 Å². The first kappa shape index (κ1) is 10.4. The zero-order chi connectivity index (χ0) is 11.8. The molecule has 1 aliphatic heterocycles. The highest BCUT2D eigenvalue weighted by Crippen LogP contribution is 2.21. The van der Waals surface area contributed by atoms with E-state index in [0.29, 0.717) is 30.1 Å². The maximum absolute atomic E-state index is 13.4. The van der Waals surface area contributed by atoms with E-state index in [9.17, 15) is 4.39 Å². The van der Waals surface area contributed by atoms with E-state index in [4.69, 9.17) is 4.74 Å². The van der Waals surface area contributed by atoms with Crippen LogP contribution in [0, 0.1) is 0 Å². The van der Waals surface area contributed by atoms with Gasteiger partial charge in [-0.2, -0.15) is 4.98 Å². The van der Waals surface area contributed by atoms with Crippen molar-refractivity contribution in [3.8, 4) is 5.88 Å². The van der Waals surface area contributed by atoms with E-state index in [1.165, 1.54) is 6.33 Å². The zero-order valence-corrected chi connectivity index (χ0v) is 9.30. The molecule has 1 saturated heterocycles. The minimum Gasteiger partial charge on any atom is -0.468 e. The van der Waals surface area contributed by atoms with E-state index in [1.807, 2.05) is 7.05 Å². The molecule has 1 aliphatic rings. The molecule has 6 nitrogen and oxygen atoms in total. The summed E-state index contributed by atoms with van der Waals surface area (Å²) in [7, 11) is 1.83. The van der Waals surface area contributed by atoms with E-state index >= 15 is 0 Å². The van der Waals surface area contributed by atoms with Crippen molar-refractivity contribution in [2.75, 3.05) is 13.1 Å². The summed E-state index contributed by atoms with van der Waals surface area (Å²) in [6, 6.07) is 0. The van der Waals surface area contributed by atoms with Crippen LogP contribution in [0.25, 0.3) is 11.2 Å². The van der Waals surface area contributed by atoms with Crippen molar-refractivity contribution in [3.05, 3.63) is 12.7 Å². The van der Waals surface area contributed by atoms with Crippen molar-refractivity contribution in [1.82, 2.24) is 24.8 Å². The second kappa shape index (κ2) is 3.92. The fraction of sp³-hybridized carbons (Fsp3) is 0.500. The van der Waals surface area contributed by atoms with Crippen LogP contribution >= 0.6 is 0 Å². The lowest BCUT2D eigenvalue weighted by Crippen LogP contribution is -2.27. The summed E-state index contributed by atoms with van der Waals surface area (Å²) in [6.07, 6.45) is 1.51. The molecule has 17 heavy (non-hydrogen) atoms. The molecule has 0 aliphatic carbocycles. The van der Waals surface area contributed by atoms with Crippen LogP contribution in [0.4, 0.5) is 4.39 Å². The topological polar surface area (TPSA) is 64.9 Å². The number of fused-ring (bicyclic) bond motifs is 1. The molecule has 2 aromatic rings. The average molecular weight is 237 g/mol. The quantitative estimate of drug-likeness (QED) is 0.799. The lowest BCUT2D eigenvalue weighted by Gasteiger charge is -2.13. The number of hydrogen-bond acceptors (Lipinski definition) is 5. The lowest BCUT2D eigenvalue weighted by molar-refractivity contribution is 0.136. The van der Waals surface area contributed by atoms with Crippen molar-refractivity contribution in [3.63, 3.8) is 0 Å². The minimum absolute atomic E-state index is 0.321. The molecule has 1 N–H and O–H groups in total. The molecule has 90 valence electrons. The van der Waals surface area contributed by atoms with Crippen LogP contribution in [0.1, 0.15) is 0 Å². The lowest BCUT2D eigenvalue weighted by atomic mass is 10.3. The molecule has 3 rings (SSSR count). The first-order valence-electron chi connectivity index (χ1n) is 5.39. The van der Waals surface area contributed by atoms with Gasteiger partial charge in [-0.25, -0.2) is 14.4 Å².